The first-order valence-corrected chi connectivity index (χ1v) is 13.0. The van der Waals surface area contributed by atoms with Gasteiger partial charge in [-0.15, -0.1) is 11.3 Å². The van der Waals surface area contributed by atoms with Crippen molar-refractivity contribution in [3.8, 4) is 10.7 Å². The van der Waals surface area contributed by atoms with E-state index in [4.69, 9.17) is 0 Å². The quantitative estimate of drug-likeness (QED) is 0.593. The first kappa shape index (κ1) is 22.5. The first-order chi connectivity index (χ1) is 15.2. The van der Waals surface area contributed by atoms with Gasteiger partial charge >= 0.3 is 0 Å². The molecular weight excluding hydrogens is 444 g/mol. The molecule has 4 rings (SSSR count). The number of anilines is 1. The van der Waals surface area contributed by atoms with E-state index in [0.717, 1.165) is 43.5 Å². The minimum absolute atomic E-state index is 0.0181. The molecular formula is C23H28N4O3S2. The summed E-state index contributed by atoms with van der Waals surface area (Å²) in [6.07, 6.45) is 4.80. The van der Waals surface area contributed by atoms with Gasteiger partial charge in [0.05, 0.1) is 17.1 Å². The van der Waals surface area contributed by atoms with E-state index in [9.17, 15) is 13.2 Å². The molecule has 3 aromatic rings. The summed E-state index contributed by atoms with van der Waals surface area (Å²) >= 11 is 1.32. The van der Waals surface area contributed by atoms with E-state index in [1.165, 1.54) is 11.3 Å². The van der Waals surface area contributed by atoms with Crippen LogP contribution in [0, 0.1) is 20.8 Å². The van der Waals surface area contributed by atoms with Crippen LogP contribution >= 0.6 is 11.3 Å². The normalized spacial score (nSPS) is 14.6. The highest BCUT2D eigenvalue weighted by Gasteiger charge is 2.25. The summed E-state index contributed by atoms with van der Waals surface area (Å²) in [6, 6.07) is 7.27. The molecule has 0 atom stereocenters. The Labute approximate surface area is 193 Å². The maximum absolute atomic E-state index is 13.0. The van der Waals surface area contributed by atoms with Crippen LogP contribution in [0.25, 0.3) is 10.7 Å². The number of sulfonamides is 1. The van der Waals surface area contributed by atoms with Crippen LogP contribution in [0.5, 0.6) is 0 Å². The summed E-state index contributed by atoms with van der Waals surface area (Å²) < 4.78 is 30.5. The number of hydrogen-bond donors (Lipinski definition) is 1. The van der Waals surface area contributed by atoms with E-state index in [1.807, 2.05) is 43.9 Å². The first-order valence-electron chi connectivity index (χ1n) is 10.7. The average Bonchev–Trinajstić information content (AvgIpc) is 3.33. The predicted molar refractivity (Wildman–Crippen MR) is 128 cm³/mol. The Morgan fingerprint density at radius 3 is 2.53 bits per heavy atom. The minimum atomic E-state index is -3.77. The van der Waals surface area contributed by atoms with Crippen LogP contribution in [-0.4, -0.2) is 41.9 Å². The second-order valence-electron chi connectivity index (χ2n) is 8.38. The maximum atomic E-state index is 13.0. The van der Waals surface area contributed by atoms with Crippen molar-refractivity contribution >= 4 is 33.0 Å². The number of carbonyl (C=O) groups excluding carboxylic acids is 1. The summed E-state index contributed by atoms with van der Waals surface area (Å²) in [4.78, 5) is 20.2. The number of benzene rings is 1. The van der Waals surface area contributed by atoms with Crippen molar-refractivity contribution < 1.29 is 13.2 Å². The molecule has 2 aromatic heterocycles. The van der Waals surface area contributed by atoms with Crippen LogP contribution in [0.3, 0.4) is 0 Å². The SMILES string of the molecule is Cc1ccc(C)c(NS(=O)(=O)c2cc(-c3nc(C)c(C(=O)N4CCCCC4)s3)n(C)c2)c1. The van der Waals surface area contributed by atoms with Crippen molar-refractivity contribution in [2.45, 2.75) is 44.9 Å². The van der Waals surface area contributed by atoms with Crippen molar-refractivity contribution in [3.63, 3.8) is 0 Å². The monoisotopic (exact) mass is 472 g/mol. The topological polar surface area (TPSA) is 84.3 Å². The van der Waals surface area contributed by atoms with Gasteiger partial charge in [0, 0.05) is 26.3 Å². The van der Waals surface area contributed by atoms with Crippen LogP contribution in [0.4, 0.5) is 5.69 Å². The van der Waals surface area contributed by atoms with Crippen molar-refractivity contribution in [3.05, 3.63) is 52.2 Å². The highest BCUT2D eigenvalue weighted by Crippen LogP contribution is 2.32. The minimum Gasteiger partial charge on any atom is -0.347 e. The largest absolute Gasteiger partial charge is 0.347 e. The third-order valence-electron chi connectivity index (χ3n) is 5.78. The average molecular weight is 473 g/mol. The lowest BCUT2D eigenvalue weighted by Crippen LogP contribution is -2.35. The summed E-state index contributed by atoms with van der Waals surface area (Å²) in [5.74, 6) is 0.0181. The van der Waals surface area contributed by atoms with E-state index in [-0.39, 0.29) is 10.8 Å². The predicted octanol–water partition coefficient (Wildman–Crippen LogP) is 4.50. The molecule has 1 aliphatic rings. The zero-order chi connectivity index (χ0) is 23.0. The standard InChI is InChI=1S/C23H28N4O3S2/c1-15-8-9-16(2)19(12-15)25-32(29,30)18-13-20(26(4)14-18)22-24-17(3)21(31-22)23(28)27-10-6-5-7-11-27/h8-9,12-14,25H,5-7,10-11H2,1-4H3. The van der Waals surface area contributed by atoms with E-state index in [0.29, 0.717) is 27.0 Å². The molecule has 9 heteroatoms. The van der Waals surface area contributed by atoms with Crippen LogP contribution in [-0.2, 0) is 17.1 Å². The number of piperidine rings is 1. The van der Waals surface area contributed by atoms with Crippen LogP contribution in [0.1, 0.15) is 45.8 Å². The Hall–Kier alpha value is -2.65. The number of nitrogens with one attached hydrogen (secondary N) is 1. The van der Waals surface area contributed by atoms with Gasteiger partial charge in [0.1, 0.15) is 14.8 Å². The van der Waals surface area contributed by atoms with Crippen LogP contribution in [0.2, 0.25) is 0 Å². The maximum Gasteiger partial charge on any atom is 0.265 e. The van der Waals surface area contributed by atoms with Gasteiger partial charge in [-0.1, -0.05) is 12.1 Å². The second kappa shape index (κ2) is 8.71. The number of thiazole rings is 1. The molecule has 32 heavy (non-hydrogen) atoms. The van der Waals surface area contributed by atoms with Crippen molar-refractivity contribution in [2.75, 3.05) is 17.8 Å². The molecule has 7 nitrogen and oxygen atoms in total. The third kappa shape index (κ3) is 4.45. The fourth-order valence-electron chi connectivity index (χ4n) is 3.89. The van der Waals surface area contributed by atoms with E-state index in [2.05, 4.69) is 9.71 Å². The number of aromatic nitrogens is 2. The van der Waals surface area contributed by atoms with Crippen molar-refractivity contribution in [2.24, 2.45) is 7.05 Å². The Morgan fingerprint density at radius 1 is 1.09 bits per heavy atom. The Balaban J connectivity index is 1.62. The zero-order valence-electron chi connectivity index (χ0n) is 18.8. The molecule has 1 fully saturated rings. The number of nitrogens with zero attached hydrogens (tertiary/aromatic N) is 3. The van der Waals surface area contributed by atoms with E-state index >= 15 is 0 Å². The van der Waals surface area contributed by atoms with Gasteiger partial charge < -0.3 is 9.47 Å². The fraction of sp³-hybridized carbons (Fsp3) is 0.391. The highest BCUT2D eigenvalue weighted by atomic mass is 32.2. The molecule has 1 aliphatic heterocycles. The lowest BCUT2D eigenvalue weighted by Gasteiger charge is -2.26. The molecule has 0 spiro atoms. The van der Waals surface area contributed by atoms with Crippen molar-refractivity contribution in [1.29, 1.82) is 0 Å². The Morgan fingerprint density at radius 2 is 1.81 bits per heavy atom. The fourth-order valence-corrected chi connectivity index (χ4v) is 6.17. The lowest BCUT2D eigenvalue weighted by molar-refractivity contribution is 0.0728. The number of rotatable bonds is 5. The molecule has 1 aromatic carbocycles. The Kier molecular flexibility index (Phi) is 6.13. The second-order valence-corrected chi connectivity index (χ2v) is 11.1. The molecule has 1 N–H and O–H groups in total. The van der Waals surface area contributed by atoms with Gasteiger partial charge in [-0.3, -0.25) is 9.52 Å². The summed E-state index contributed by atoms with van der Waals surface area (Å²) in [5.41, 5.74) is 3.74. The van der Waals surface area contributed by atoms with Gasteiger partial charge in [0.15, 0.2) is 0 Å². The molecule has 0 unspecified atom stereocenters. The van der Waals surface area contributed by atoms with E-state index in [1.54, 1.807) is 23.9 Å². The molecule has 1 amide bonds. The Bertz CT molecular complexity index is 1270. The zero-order valence-corrected chi connectivity index (χ0v) is 20.4. The third-order valence-corrected chi connectivity index (χ3v) is 8.28. The van der Waals surface area contributed by atoms with Crippen LogP contribution < -0.4 is 4.72 Å². The molecule has 0 saturated carbocycles. The van der Waals surface area contributed by atoms with Crippen molar-refractivity contribution in [1.82, 2.24) is 14.5 Å². The number of carbonyl (C=O) groups is 1. The molecule has 170 valence electrons. The number of hydrogen-bond acceptors (Lipinski definition) is 5. The summed E-state index contributed by atoms with van der Waals surface area (Å²) in [5, 5.41) is 0.638. The number of likely N-dealkylation sites (tertiary alicyclic amines) is 1. The smallest absolute Gasteiger partial charge is 0.265 e. The molecule has 0 aliphatic carbocycles. The van der Waals surface area contributed by atoms with Gasteiger partial charge in [-0.05, 0) is 63.3 Å². The highest BCUT2D eigenvalue weighted by molar-refractivity contribution is 7.92. The van der Waals surface area contributed by atoms with Crippen LogP contribution in [0.15, 0.2) is 35.4 Å². The molecule has 0 bridgehead atoms. The number of amides is 1. The van der Waals surface area contributed by atoms with Gasteiger partial charge in [0.25, 0.3) is 15.9 Å². The van der Waals surface area contributed by atoms with E-state index < -0.39 is 10.0 Å². The van der Waals surface area contributed by atoms with Gasteiger partial charge in [0.2, 0.25) is 0 Å². The summed E-state index contributed by atoms with van der Waals surface area (Å²) in [7, 11) is -1.98. The summed E-state index contributed by atoms with van der Waals surface area (Å²) in [6.45, 7) is 7.18. The molecule has 1 saturated heterocycles. The number of aryl methyl sites for hydroxylation is 4. The van der Waals surface area contributed by atoms with Gasteiger partial charge in [-0.2, -0.15) is 0 Å². The van der Waals surface area contributed by atoms with Gasteiger partial charge in [-0.25, -0.2) is 13.4 Å². The molecule has 0 radical (unpaired) electrons. The molecule has 3 heterocycles. The lowest BCUT2D eigenvalue weighted by atomic mass is 10.1.